The zero-order valence-corrected chi connectivity index (χ0v) is 12.8. The summed E-state index contributed by atoms with van der Waals surface area (Å²) in [4.78, 5) is 0. The summed E-state index contributed by atoms with van der Waals surface area (Å²) in [7, 11) is 0. The highest BCUT2D eigenvalue weighted by atomic mass is 16.6. The molecule has 2 rings (SSSR count). The fourth-order valence-electron chi connectivity index (χ4n) is 2.94. The van der Waals surface area contributed by atoms with Crippen LogP contribution in [0, 0.1) is 32.9 Å². The van der Waals surface area contributed by atoms with Gasteiger partial charge in [0.1, 0.15) is 13.1 Å². The van der Waals surface area contributed by atoms with Gasteiger partial charge in [-0.3, -0.25) is 0 Å². The van der Waals surface area contributed by atoms with Gasteiger partial charge in [0.15, 0.2) is 0 Å². The summed E-state index contributed by atoms with van der Waals surface area (Å²) in [5, 5.41) is 13.0. The fourth-order valence-corrected chi connectivity index (χ4v) is 2.94. The van der Waals surface area contributed by atoms with Crippen LogP contribution in [0.2, 0.25) is 0 Å². The second-order valence-electron chi connectivity index (χ2n) is 6.83. The Morgan fingerprint density at radius 2 is 1.11 bits per heavy atom. The molecule has 18 heavy (non-hydrogen) atoms. The predicted molar refractivity (Wildman–Crippen MR) is 76.2 cm³/mol. The van der Waals surface area contributed by atoms with Gasteiger partial charge in [-0.25, -0.2) is 0 Å². The van der Waals surface area contributed by atoms with Crippen molar-refractivity contribution in [1.29, 1.82) is 0 Å². The summed E-state index contributed by atoms with van der Waals surface area (Å²) in [5.41, 5.74) is 7.73. The molecule has 0 aromatic heterocycles. The number of nitrogens with zero attached hydrogens (tertiary/aromatic N) is 1. The molecule has 0 atom stereocenters. The molecule has 0 aliphatic carbocycles. The summed E-state index contributed by atoms with van der Waals surface area (Å²) in [5.74, 6) is 0. The van der Waals surface area contributed by atoms with E-state index in [0.29, 0.717) is 13.1 Å². The SMILES string of the molecule is Cc1c(C)c(C)c2c(c1C)C[N+]([O-])(C(C)(C)C)C2. The monoisotopic (exact) mass is 247 g/mol. The van der Waals surface area contributed by atoms with Crippen molar-refractivity contribution in [2.75, 3.05) is 0 Å². The number of hydrogen-bond donors (Lipinski definition) is 0. The molecule has 0 radical (unpaired) electrons. The molecular weight excluding hydrogens is 222 g/mol. The van der Waals surface area contributed by atoms with Crippen molar-refractivity contribution >= 4 is 0 Å². The fraction of sp³-hybridized carbons (Fsp3) is 0.625. The molecule has 2 heteroatoms. The predicted octanol–water partition coefficient (Wildman–Crippen LogP) is 4.05. The molecular formula is C16H25NO. The third kappa shape index (κ3) is 1.70. The molecule has 0 fully saturated rings. The Labute approximate surface area is 111 Å². The Kier molecular flexibility index (Phi) is 2.88. The van der Waals surface area contributed by atoms with Gasteiger partial charge in [-0.05, 0) is 70.7 Å². The number of fused-ring (bicyclic) bond motifs is 1. The Morgan fingerprint density at radius 1 is 0.778 bits per heavy atom. The van der Waals surface area contributed by atoms with E-state index in [1.165, 1.54) is 33.4 Å². The summed E-state index contributed by atoms with van der Waals surface area (Å²) < 4.78 is -0.118. The average molecular weight is 247 g/mol. The first kappa shape index (κ1) is 13.6. The number of hydrogen-bond acceptors (Lipinski definition) is 1. The quantitative estimate of drug-likeness (QED) is 0.501. The average Bonchev–Trinajstić information content (AvgIpc) is 2.63. The number of hydroxylamine groups is 3. The smallest absolute Gasteiger partial charge is 0.106 e. The van der Waals surface area contributed by atoms with Gasteiger partial charge in [0.25, 0.3) is 0 Å². The van der Waals surface area contributed by atoms with E-state index in [1.54, 1.807) is 0 Å². The van der Waals surface area contributed by atoms with Crippen LogP contribution in [0.25, 0.3) is 0 Å². The summed E-state index contributed by atoms with van der Waals surface area (Å²) in [6, 6.07) is 0. The minimum Gasteiger partial charge on any atom is -0.632 e. The van der Waals surface area contributed by atoms with E-state index in [2.05, 4.69) is 48.5 Å². The van der Waals surface area contributed by atoms with E-state index in [4.69, 9.17) is 0 Å². The van der Waals surface area contributed by atoms with Gasteiger partial charge in [-0.15, -0.1) is 0 Å². The second kappa shape index (κ2) is 3.82. The minimum absolute atomic E-state index is 0.118. The molecule has 1 aliphatic rings. The lowest BCUT2D eigenvalue weighted by molar-refractivity contribution is -0.945. The van der Waals surface area contributed by atoms with Crippen molar-refractivity contribution in [3.8, 4) is 0 Å². The molecule has 0 N–H and O–H groups in total. The zero-order chi connectivity index (χ0) is 13.9. The van der Waals surface area contributed by atoms with Crippen molar-refractivity contribution in [1.82, 2.24) is 0 Å². The van der Waals surface area contributed by atoms with Gasteiger partial charge in [-0.1, -0.05) is 0 Å². The van der Waals surface area contributed by atoms with E-state index < -0.39 is 0 Å². The topological polar surface area (TPSA) is 23.1 Å². The van der Waals surface area contributed by atoms with Crippen LogP contribution >= 0.6 is 0 Å². The Bertz CT molecular complexity index is 472. The standard InChI is InChI=1S/C16H25NO/c1-10-11(2)13(4)15-9-17(18,16(5,6)7)8-14(15)12(10)3/h8-9H2,1-7H3. The maximum absolute atomic E-state index is 13.0. The van der Waals surface area contributed by atoms with Gasteiger partial charge in [-0.2, -0.15) is 0 Å². The highest BCUT2D eigenvalue weighted by Gasteiger charge is 2.40. The highest BCUT2D eigenvalue weighted by Crippen LogP contribution is 2.41. The van der Waals surface area contributed by atoms with E-state index in [0.717, 1.165) is 0 Å². The maximum Gasteiger partial charge on any atom is 0.106 e. The number of quaternary nitrogens is 1. The van der Waals surface area contributed by atoms with Gasteiger partial charge < -0.3 is 9.85 Å². The van der Waals surface area contributed by atoms with E-state index in [1.807, 2.05) is 0 Å². The Morgan fingerprint density at radius 3 is 1.39 bits per heavy atom. The number of benzene rings is 1. The molecule has 2 nitrogen and oxygen atoms in total. The third-order valence-electron chi connectivity index (χ3n) is 5.01. The van der Waals surface area contributed by atoms with Crippen LogP contribution in [-0.4, -0.2) is 10.2 Å². The molecule has 0 saturated heterocycles. The van der Waals surface area contributed by atoms with Gasteiger partial charge in [0.05, 0.1) is 5.54 Å². The van der Waals surface area contributed by atoms with Gasteiger partial charge in [0.2, 0.25) is 0 Å². The van der Waals surface area contributed by atoms with Crippen molar-refractivity contribution in [3.63, 3.8) is 0 Å². The molecule has 1 aromatic carbocycles. The Balaban J connectivity index is 2.61. The van der Waals surface area contributed by atoms with Crippen LogP contribution in [0.5, 0.6) is 0 Å². The van der Waals surface area contributed by atoms with Crippen molar-refractivity contribution in [3.05, 3.63) is 38.6 Å². The Hall–Kier alpha value is -0.860. The van der Waals surface area contributed by atoms with E-state index in [-0.39, 0.29) is 10.2 Å². The highest BCUT2D eigenvalue weighted by molar-refractivity contribution is 5.50. The number of rotatable bonds is 0. The molecule has 1 heterocycles. The van der Waals surface area contributed by atoms with Crippen LogP contribution in [0.1, 0.15) is 54.2 Å². The summed E-state index contributed by atoms with van der Waals surface area (Å²) in [6.45, 7) is 16.1. The maximum atomic E-state index is 13.0. The molecule has 0 saturated carbocycles. The lowest BCUT2D eigenvalue weighted by atomic mass is 9.90. The van der Waals surface area contributed by atoms with Crippen LogP contribution in [0.15, 0.2) is 0 Å². The van der Waals surface area contributed by atoms with Gasteiger partial charge >= 0.3 is 0 Å². The van der Waals surface area contributed by atoms with Crippen LogP contribution in [0.4, 0.5) is 0 Å². The van der Waals surface area contributed by atoms with Crippen molar-refractivity contribution in [2.45, 2.75) is 67.1 Å². The van der Waals surface area contributed by atoms with Crippen LogP contribution in [0.3, 0.4) is 0 Å². The summed E-state index contributed by atoms with van der Waals surface area (Å²) in [6.07, 6.45) is 0. The second-order valence-corrected chi connectivity index (χ2v) is 6.83. The molecule has 1 aromatic rings. The third-order valence-corrected chi connectivity index (χ3v) is 5.01. The normalized spacial score (nSPS) is 18.0. The first-order valence-corrected chi connectivity index (χ1v) is 6.75. The molecule has 1 aliphatic heterocycles. The minimum atomic E-state index is -0.250. The lowest BCUT2D eigenvalue weighted by Gasteiger charge is -2.49. The van der Waals surface area contributed by atoms with Crippen LogP contribution in [-0.2, 0) is 13.1 Å². The molecule has 0 amide bonds. The molecule has 0 spiro atoms. The molecule has 100 valence electrons. The first-order valence-electron chi connectivity index (χ1n) is 6.75. The van der Waals surface area contributed by atoms with Crippen molar-refractivity contribution < 1.29 is 4.65 Å². The first-order chi connectivity index (χ1) is 8.08. The molecule has 0 unspecified atom stereocenters. The largest absolute Gasteiger partial charge is 0.632 e. The zero-order valence-electron chi connectivity index (χ0n) is 12.8. The van der Waals surface area contributed by atoms with Crippen LogP contribution < -0.4 is 0 Å². The molecule has 0 bridgehead atoms. The van der Waals surface area contributed by atoms with Crippen molar-refractivity contribution in [2.24, 2.45) is 0 Å². The lowest BCUT2D eigenvalue weighted by Crippen LogP contribution is -2.51. The van der Waals surface area contributed by atoms with Gasteiger partial charge in [0, 0.05) is 11.1 Å². The van der Waals surface area contributed by atoms with E-state index >= 15 is 0 Å². The van der Waals surface area contributed by atoms with E-state index in [9.17, 15) is 5.21 Å². The summed E-state index contributed by atoms with van der Waals surface area (Å²) >= 11 is 0.